The normalized spacial score (nSPS) is 24.7. The van der Waals surface area contributed by atoms with Crippen LogP contribution in [-0.4, -0.2) is 47.7 Å². The van der Waals surface area contributed by atoms with Gasteiger partial charge in [0.1, 0.15) is 0 Å². The Balaban J connectivity index is 1.92. The van der Waals surface area contributed by atoms with Crippen molar-refractivity contribution in [3.63, 3.8) is 0 Å². The minimum atomic E-state index is -0.877. The van der Waals surface area contributed by atoms with E-state index >= 15 is 0 Å². The van der Waals surface area contributed by atoms with Crippen molar-refractivity contribution in [3.05, 3.63) is 0 Å². The fourth-order valence-electron chi connectivity index (χ4n) is 1.58. The number of carboxylic acid groups (broad SMARTS) is 1. The molecule has 5 heteroatoms. The fraction of sp³-hybridized carbons (Fsp3) is 0.900. The van der Waals surface area contributed by atoms with Crippen LogP contribution in [0.2, 0.25) is 0 Å². The van der Waals surface area contributed by atoms with Crippen LogP contribution in [0, 0.1) is 5.92 Å². The van der Waals surface area contributed by atoms with E-state index in [0.717, 1.165) is 30.5 Å². The van der Waals surface area contributed by atoms with Gasteiger partial charge < -0.3 is 14.7 Å². The number of nitrogens with zero attached hydrogens (tertiary/aromatic N) is 1. The Kier molecular flexibility index (Phi) is 5.39. The molecule has 0 aromatic carbocycles. The third-order valence-electron chi connectivity index (χ3n) is 2.73. The maximum absolute atomic E-state index is 10.5. The van der Waals surface area contributed by atoms with Gasteiger partial charge in [-0.15, -0.1) is 0 Å². The molecule has 1 aliphatic rings. The molecule has 1 aliphatic carbocycles. The van der Waals surface area contributed by atoms with Crippen molar-refractivity contribution in [2.45, 2.75) is 25.4 Å². The standard InChI is InChI=1S/C10H18BrNO3/c1-12(10(13)14)3-2-4-15-9-5-8(6-9)7-11/h8-9H,2-7H2,1H3,(H,13,14). The lowest BCUT2D eigenvalue weighted by Gasteiger charge is -2.34. The number of amides is 1. The van der Waals surface area contributed by atoms with Crippen LogP contribution in [-0.2, 0) is 4.74 Å². The Bertz CT molecular complexity index is 207. The van der Waals surface area contributed by atoms with E-state index in [9.17, 15) is 4.79 Å². The van der Waals surface area contributed by atoms with Crippen LogP contribution >= 0.6 is 15.9 Å². The second kappa shape index (κ2) is 6.33. The molecule has 0 aromatic rings. The largest absolute Gasteiger partial charge is 0.465 e. The summed E-state index contributed by atoms with van der Waals surface area (Å²) in [6.07, 6.45) is 2.58. The number of alkyl halides is 1. The van der Waals surface area contributed by atoms with Gasteiger partial charge in [0.15, 0.2) is 0 Å². The molecule has 15 heavy (non-hydrogen) atoms. The van der Waals surface area contributed by atoms with Crippen LogP contribution < -0.4 is 0 Å². The highest BCUT2D eigenvalue weighted by Gasteiger charge is 2.28. The van der Waals surface area contributed by atoms with E-state index in [1.165, 1.54) is 4.90 Å². The molecule has 0 saturated heterocycles. The second-order valence-corrected chi connectivity index (χ2v) is 4.69. The smallest absolute Gasteiger partial charge is 0.407 e. The predicted molar refractivity (Wildman–Crippen MR) is 61.5 cm³/mol. The van der Waals surface area contributed by atoms with Gasteiger partial charge >= 0.3 is 6.09 Å². The molecular weight excluding hydrogens is 262 g/mol. The molecule has 0 atom stereocenters. The van der Waals surface area contributed by atoms with Crippen molar-refractivity contribution in [1.82, 2.24) is 4.90 Å². The molecule has 1 N–H and O–H groups in total. The van der Waals surface area contributed by atoms with Gasteiger partial charge in [-0.1, -0.05) is 15.9 Å². The minimum absolute atomic E-state index is 0.405. The Hall–Kier alpha value is -0.290. The van der Waals surface area contributed by atoms with Crippen molar-refractivity contribution in [2.75, 3.05) is 25.5 Å². The van der Waals surface area contributed by atoms with E-state index in [0.29, 0.717) is 19.3 Å². The van der Waals surface area contributed by atoms with E-state index in [1.54, 1.807) is 7.05 Å². The van der Waals surface area contributed by atoms with Gasteiger partial charge in [0.25, 0.3) is 0 Å². The topological polar surface area (TPSA) is 49.8 Å². The minimum Gasteiger partial charge on any atom is -0.465 e. The molecule has 0 bridgehead atoms. The van der Waals surface area contributed by atoms with E-state index in [2.05, 4.69) is 15.9 Å². The van der Waals surface area contributed by atoms with Crippen LogP contribution in [0.15, 0.2) is 0 Å². The van der Waals surface area contributed by atoms with E-state index < -0.39 is 6.09 Å². The van der Waals surface area contributed by atoms with Gasteiger partial charge in [-0.3, -0.25) is 0 Å². The summed E-state index contributed by atoms with van der Waals surface area (Å²) in [5, 5.41) is 9.66. The Morgan fingerprint density at radius 2 is 2.27 bits per heavy atom. The molecule has 1 amide bonds. The van der Waals surface area contributed by atoms with Gasteiger partial charge in [-0.2, -0.15) is 0 Å². The maximum Gasteiger partial charge on any atom is 0.407 e. The predicted octanol–water partition coefficient (Wildman–Crippen LogP) is 2.18. The molecule has 0 aliphatic heterocycles. The molecule has 1 fully saturated rings. The van der Waals surface area contributed by atoms with Crippen molar-refractivity contribution in [1.29, 1.82) is 0 Å². The van der Waals surface area contributed by atoms with E-state index in [-0.39, 0.29) is 0 Å². The number of hydrogen-bond donors (Lipinski definition) is 1. The number of ether oxygens (including phenoxy) is 1. The SMILES string of the molecule is CN(CCCOC1CC(CBr)C1)C(=O)O. The lowest BCUT2D eigenvalue weighted by molar-refractivity contribution is -0.0258. The molecular formula is C10H18BrNO3. The highest BCUT2D eigenvalue weighted by atomic mass is 79.9. The summed E-state index contributed by atoms with van der Waals surface area (Å²) in [5.41, 5.74) is 0. The molecule has 1 saturated carbocycles. The summed E-state index contributed by atoms with van der Waals surface area (Å²) in [6, 6.07) is 0. The lowest BCUT2D eigenvalue weighted by Crippen LogP contribution is -2.33. The van der Waals surface area contributed by atoms with Crippen molar-refractivity contribution < 1.29 is 14.6 Å². The first-order chi connectivity index (χ1) is 7.13. The Morgan fingerprint density at radius 1 is 1.60 bits per heavy atom. The molecule has 88 valence electrons. The fourth-order valence-corrected chi connectivity index (χ4v) is 2.11. The van der Waals surface area contributed by atoms with E-state index in [4.69, 9.17) is 9.84 Å². The third kappa shape index (κ3) is 4.38. The summed E-state index contributed by atoms with van der Waals surface area (Å²) < 4.78 is 5.60. The molecule has 0 spiro atoms. The molecule has 1 rings (SSSR count). The Labute approximate surface area is 98.7 Å². The number of rotatable bonds is 6. The van der Waals surface area contributed by atoms with Crippen LogP contribution in [0.1, 0.15) is 19.3 Å². The molecule has 4 nitrogen and oxygen atoms in total. The first-order valence-corrected chi connectivity index (χ1v) is 6.37. The zero-order chi connectivity index (χ0) is 11.3. The van der Waals surface area contributed by atoms with Crippen molar-refractivity contribution >= 4 is 22.0 Å². The quantitative estimate of drug-likeness (QED) is 0.599. The van der Waals surface area contributed by atoms with Crippen molar-refractivity contribution in [2.24, 2.45) is 5.92 Å². The first-order valence-electron chi connectivity index (χ1n) is 5.25. The monoisotopic (exact) mass is 279 g/mol. The second-order valence-electron chi connectivity index (χ2n) is 4.04. The lowest BCUT2D eigenvalue weighted by atomic mass is 9.84. The summed E-state index contributed by atoms with van der Waals surface area (Å²) >= 11 is 3.44. The van der Waals surface area contributed by atoms with Gasteiger partial charge in [0.05, 0.1) is 6.10 Å². The van der Waals surface area contributed by atoms with Gasteiger partial charge in [-0.05, 0) is 25.2 Å². The molecule has 0 unspecified atom stereocenters. The highest BCUT2D eigenvalue weighted by molar-refractivity contribution is 9.09. The van der Waals surface area contributed by atoms with Crippen LogP contribution in [0.4, 0.5) is 4.79 Å². The Morgan fingerprint density at radius 3 is 2.80 bits per heavy atom. The van der Waals surface area contributed by atoms with Crippen LogP contribution in [0.5, 0.6) is 0 Å². The van der Waals surface area contributed by atoms with E-state index in [1.807, 2.05) is 0 Å². The van der Waals surface area contributed by atoms with Gasteiger partial charge in [0.2, 0.25) is 0 Å². The summed E-state index contributed by atoms with van der Waals surface area (Å²) in [7, 11) is 1.58. The van der Waals surface area contributed by atoms with Gasteiger partial charge in [0, 0.05) is 25.5 Å². The number of halogens is 1. The number of carbonyl (C=O) groups is 1. The first kappa shape index (κ1) is 12.8. The summed E-state index contributed by atoms with van der Waals surface area (Å²) in [5.74, 6) is 0.775. The van der Waals surface area contributed by atoms with Crippen molar-refractivity contribution in [3.8, 4) is 0 Å². The zero-order valence-electron chi connectivity index (χ0n) is 8.99. The summed E-state index contributed by atoms with van der Waals surface area (Å²) in [6.45, 7) is 1.21. The van der Waals surface area contributed by atoms with Crippen LogP contribution in [0.25, 0.3) is 0 Å². The molecule has 0 aromatic heterocycles. The van der Waals surface area contributed by atoms with Gasteiger partial charge in [-0.25, -0.2) is 4.79 Å². The third-order valence-corrected chi connectivity index (χ3v) is 3.64. The summed E-state index contributed by atoms with van der Waals surface area (Å²) in [4.78, 5) is 11.7. The average molecular weight is 280 g/mol. The zero-order valence-corrected chi connectivity index (χ0v) is 10.6. The average Bonchev–Trinajstić information content (AvgIpc) is 2.14. The highest BCUT2D eigenvalue weighted by Crippen LogP contribution is 2.31. The van der Waals surface area contributed by atoms with Crippen LogP contribution in [0.3, 0.4) is 0 Å². The molecule has 0 radical (unpaired) electrons. The maximum atomic E-state index is 10.5. The number of hydrogen-bond acceptors (Lipinski definition) is 2. The molecule has 0 heterocycles.